The molecule has 3 N–H and O–H groups in total. The van der Waals surface area contributed by atoms with Crippen molar-refractivity contribution in [3.8, 4) is 0 Å². The highest BCUT2D eigenvalue weighted by Crippen LogP contribution is 2.25. The Balaban J connectivity index is 1.42. The Morgan fingerprint density at radius 3 is 2.80 bits per heavy atom. The van der Waals surface area contributed by atoms with Crippen LogP contribution in [-0.2, 0) is 7.05 Å². The molecule has 2 heterocycles. The first-order valence-corrected chi connectivity index (χ1v) is 9.71. The summed E-state index contributed by atoms with van der Waals surface area (Å²) in [5.74, 6) is 0. The van der Waals surface area contributed by atoms with E-state index in [2.05, 4.69) is 15.5 Å². The molecule has 6 nitrogen and oxygen atoms in total. The fraction of sp³-hybridized carbons (Fsp3) is 0.737. The minimum absolute atomic E-state index is 0.177. The van der Waals surface area contributed by atoms with Gasteiger partial charge in [-0.25, -0.2) is 4.79 Å². The average Bonchev–Trinajstić information content (AvgIpc) is 3.07. The standard InChI is InChI=1S/C19H32N4O2/c1-22-11-6-10-17(22)18(24)13-20-19(25)21-15-7-5-12-23(14-15)16-8-3-2-4-9-16/h6,10-11,15-16,18,24H,2-5,7-9,12-14H2,1H3,(H2,20,21,25)/t15-,18+/m1/s1. The molecule has 1 aliphatic carbocycles. The van der Waals surface area contributed by atoms with Crippen LogP contribution in [0.25, 0.3) is 0 Å². The first-order chi connectivity index (χ1) is 12.1. The fourth-order valence-electron chi connectivity index (χ4n) is 4.25. The number of carbonyl (C=O) groups is 1. The zero-order valence-electron chi connectivity index (χ0n) is 15.3. The lowest BCUT2D eigenvalue weighted by atomic mass is 9.92. The van der Waals surface area contributed by atoms with Gasteiger partial charge in [0.2, 0.25) is 0 Å². The van der Waals surface area contributed by atoms with E-state index < -0.39 is 6.10 Å². The van der Waals surface area contributed by atoms with Gasteiger partial charge in [-0.2, -0.15) is 0 Å². The van der Waals surface area contributed by atoms with Gasteiger partial charge in [-0.1, -0.05) is 19.3 Å². The van der Waals surface area contributed by atoms with Crippen molar-refractivity contribution in [2.24, 2.45) is 7.05 Å². The van der Waals surface area contributed by atoms with E-state index in [0.29, 0.717) is 6.04 Å². The molecular formula is C19H32N4O2. The van der Waals surface area contributed by atoms with E-state index in [1.54, 1.807) is 0 Å². The van der Waals surface area contributed by atoms with Crippen molar-refractivity contribution in [3.05, 3.63) is 24.0 Å². The normalized spacial score (nSPS) is 24.0. The Morgan fingerprint density at radius 1 is 1.28 bits per heavy atom. The van der Waals surface area contributed by atoms with Crippen molar-refractivity contribution in [1.82, 2.24) is 20.1 Å². The van der Waals surface area contributed by atoms with Crippen molar-refractivity contribution in [3.63, 3.8) is 0 Å². The van der Waals surface area contributed by atoms with E-state index in [9.17, 15) is 9.90 Å². The summed E-state index contributed by atoms with van der Waals surface area (Å²) in [6, 6.07) is 4.50. The number of nitrogens with one attached hydrogen (secondary N) is 2. The monoisotopic (exact) mass is 348 g/mol. The topological polar surface area (TPSA) is 69.5 Å². The van der Waals surface area contributed by atoms with E-state index in [1.807, 2.05) is 29.9 Å². The zero-order valence-corrected chi connectivity index (χ0v) is 15.3. The van der Waals surface area contributed by atoms with Gasteiger partial charge in [0.1, 0.15) is 6.10 Å². The third-order valence-corrected chi connectivity index (χ3v) is 5.66. The highest BCUT2D eigenvalue weighted by molar-refractivity contribution is 5.74. The SMILES string of the molecule is Cn1cccc1[C@@H](O)CNC(=O)N[C@@H]1CCCN(C2CCCCC2)C1. The minimum Gasteiger partial charge on any atom is -0.385 e. The highest BCUT2D eigenvalue weighted by atomic mass is 16.3. The molecule has 0 spiro atoms. The number of aliphatic hydroxyl groups is 1. The van der Waals surface area contributed by atoms with Crippen LogP contribution in [0.2, 0.25) is 0 Å². The number of urea groups is 1. The molecule has 1 saturated carbocycles. The Bertz CT molecular complexity index is 553. The second-order valence-corrected chi connectivity index (χ2v) is 7.54. The van der Waals surface area contributed by atoms with Crippen LogP contribution >= 0.6 is 0 Å². The molecule has 2 fully saturated rings. The van der Waals surface area contributed by atoms with E-state index in [4.69, 9.17) is 0 Å². The maximum atomic E-state index is 12.2. The van der Waals surface area contributed by atoms with Gasteiger partial charge in [0, 0.05) is 37.6 Å². The number of rotatable bonds is 5. The van der Waals surface area contributed by atoms with Crippen molar-refractivity contribution >= 4 is 6.03 Å². The Hall–Kier alpha value is -1.53. The average molecular weight is 348 g/mol. The molecule has 1 aromatic heterocycles. The third kappa shape index (κ3) is 4.98. The third-order valence-electron chi connectivity index (χ3n) is 5.66. The lowest BCUT2D eigenvalue weighted by molar-refractivity contribution is 0.111. The van der Waals surface area contributed by atoms with E-state index in [-0.39, 0.29) is 18.6 Å². The lowest BCUT2D eigenvalue weighted by Crippen LogP contribution is -2.53. The van der Waals surface area contributed by atoms with Crippen LogP contribution in [0, 0.1) is 0 Å². The van der Waals surface area contributed by atoms with Crippen LogP contribution in [-0.4, -0.2) is 52.3 Å². The van der Waals surface area contributed by atoms with E-state index in [0.717, 1.165) is 31.6 Å². The predicted octanol–water partition coefficient (Wildman–Crippen LogP) is 2.15. The molecule has 0 bridgehead atoms. The summed E-state index contributed by atoms with van der Waals surface area (Å²) < 4.78 is 1.87. The summed E-state index contributed by atoms with van der Waals surface area (Å²) in [4.78, 5) is 14.8. The van der Waals surface area contributed by atoms with Crippen molar-refractivity contribution in [2.45, 2.75) is 63.1 Å². The number of carbonyl (C=O) groups excluding carboxylic acids is 1. The molecule has 2 atom stereocenters. The van der Waals surface area contributed by atoms with Crippen LogP contribution < -0.4 is 10.6 Å². The number of nitrogens with zero attached hydrogens (tertiary/aromatic N) is 2. The fourth-order valence-corrected chi connectivity index (χ4v) is 4.25. The minimum atomic E-state index is -0.684. The predicted molar refractivity (Wildman–Crippen MR) is 98.4 cm³/mol. The second-order valence-electron chi connectivity index (χ2n) is 7.54. The molecule has 3 rings (SSSR count). The maximum absolute atomic E-state index is 12.2. The highest BCUT2D eigenvalue weighted by Gasteiger charge is 2.27. The molecule has 6 heteroatoms. The summed E-state index contributed by atoms with van der Waals surface area (Å²) in [6.07, 6.45) is 10.1. The Morgan fingerprint density at radius 2 is 2.08 bits per heavy atom. The molecule has 25 heavy (non-hydrogen) atoms. The number of likely N-dealkylation sites (tertiary alicyclic amines) is 1. The van der Waals surface area contributed by atoms with E-state index >= 15 is 0 Å². The van der Waals surface area contributed by atoms with Crippen LogP contribution in [0.15, 0.2) is 18.3 Å². The number of hydrogen-bond acceptors (Lipinski definition) is 3. The van der Waals surface area contributed by atoms with Gasteiger partial charge >= 0.3 is 6.03 Å². The molecule has 0 radical (unpaired) electrons. The Kier molecular flexibility index (Phi) is 6.37. The maximum Gasteiger partial charge on any atom is 0.315 e. The zero-order chi connectivity index (χ0) is 17.6. The van der Waals surface area contributed by atoms with E-state index in [1.165, 1.54) is 32.1 Å². The number of aromatic nitrogens is 1. The van der Waals surface area contributed by atoms with Gasteiger partial charge in [0.15, 0.2) is 0 Å². The van der Waals surface area contributed by atoms with Crippen molar-refractivity contribution in [2.75, 3.05) is 19.6 Å². The van der Waals surface area contributed by atoms with Gasteiger partial charge in [-0.3, -0.25) is 4.90 Å². The number of hydrogen-bond donors (Lipinski definition) is 3. The number of piperidine rings is 1. The van der Waals surface area contributed by atoms with Gasteiger partial charge in [0.25, 0.3) is 0 Å². The van der Waals surface area contributed by atoms with Crippen molar-refractivity contribution < 1.29 is 9.90 Å². The second kappa shape index (κ2) is 8.72. The summed E-state index contributed by atoms with van der Waals surface area (Å²) >= 11 is 0. The summed E-state index contributed by atoms with van der Waals surface area (Å²) in [5.41, 5.74) is 0.807. The number of aliphatic hydroxyl groups excluding tert-OH is 1. The molecule has 2 amide bonds. The molecular weight excluding hydrogens is 316 g/mol. The first-order valence-electron chi connectivity index (χ1n) is 9.71. The van der Waals surface area contributed by atoms with Gasteiger partial charge < -0.3 is 20.3 Å². The van der Waals surface area contributed by atoms with Gasteiger partial charge in [0.05, 0.1) is 6.54 Å². The number of amides is 2. The lowest BCUT2D eigenvalue weighted by Gasteiger charge is -2.40. The summed E-state index contributed by atoms with van der Waals surface area (Å²) in [7, 11) is 1.89. The number of aryl methyl sites for hydroxylation is 1. The van der Waals surface area contributed by atoms with Crippen LogP contribution in [0.4, 0.5) is 4.79 Å². The van der Waals surface area contributed by atoms with Crippen molar-refractivity contribution in [1.29, 1.82) is 0 Å². The van der Waals surface area contributed by atoms with Gasteiger partial charge in [-0.05, 0) is 44.4 Å². The summed E-state index contributed by atoms with van der Waals surface area (Å²) in [5, 5.41) is 16.1. The molecule has 0 aromatic carbocycles. The Labute approximate surface area is 150 Å². The molecule has 1 aliphatic heterocycles. The quantitative estimate of drug-likeness (QED) is 0.764. The smallest absolute Gasteiger partial charge is 0.315 e. The largest absolute Gasteiger partial charge is 0.385 e. The van der Waals surface area contributed by atoms with Crippen LogP contribution in [0.3, 0.4) is 0 Å². The molecule has 140 valence electrons. The van der Waals surface area contributed by atoms with Gasteiger partial charge in [-0.15, -0.1) is 0 Å². The molecule has 1 aromatic rings. The molecule has 2 aliphatic rings. The summed E-state index contributed by atoms with van der Waals surface area (Å²) in [6.45, 7) is 2.35. The first kappa shape index (κ1) is 18.3. The molecule has 0 unspecified atom stereocenters. The molecule has 1 saturated heterocycles. The van der Waals surface area contributed by atoms with Crippen LogP contribution in [0.5, 0.6) is 0 Å². The van der Waals surface area contributed by atoms with Crippen LogP contribution in [0.1, 0.15) is 56.7 Å².